The van der Waals surface area contributed by atoms with Crippen LogP contribution in [0.3, 0.4) is 0 Å². The van der Waals surface area contributed by atoms with Gasteiger partial charge >= 0.3 is 5.97 Å². The number of esters is 1. The molecule has 5 rings (SSSR count). The molecule has 0 saturated carbocycles. The molecule has 0 bridgehead atoms. The Bertz CT molecular complexity index is 1500. The third kappa shape index (κ3) is 4.87. The summed E-state index contributed by atoms with van der Waals surface area (Å²) in [6.07, 6.45) is -0.303. The number of anilines is 1. The lowest BCUT2D eigenvalue weighted by molar-refractivity contribution is -0.384. The second-order valence-electron chi connectivity index (χ2n) is 8.75. The molecule has 0 aliphatic carbocycles. The van der Waals surface area contributed by atoms with Crippen molar-refractivity contribution in [3.63, 3.8) is 0 Å². The Morgan fingerprint density at radius 2 is 1.77 bits per heavy atom. The molecule has 3 amide bonds. The van der Waals surface area contributed by atoms with E-state index in [1.165, 1.54) is 54.5 Å². The molecule has 2 aliphatic rings. The Morgan fingerprint density at radius 3 is 2.49 bits per heavy atom. The number of ether oxygens (including phenoxy) is 3. The van der Waals surface area contributed by atoms with Crippen molar-refractivity contribution in [1.29, 1.82) is 0 Å². The van der Waals surface area contributed by atoms with Crippen LogP contribution in [-0.2, 0) is 20.9 Å². The molecular weight excluding hydrogens is 510 g/mol. The Kier molecular flexibility index (Phi) is 6.67. The standard InChI is InChI=1S/C27H21N3O9/c1-37-27(34)17-6-8-19(9-7-17)29-24(31)13-21(26(29)33)28(14-16-5-10-22-23(11-16)39-15-38-22)25(32)18-3-2-4-20(12-18)30(35)36/h2-12,21H,13-15H2,1H3. The van der Waals surface area contributed by atoms with Gasteiger partial charge in [0.15, 0.2) is 11.5 Å². The first kappa shape index (κ1) is 25.4. The minimum atomic E-state index is -1.19. The highest BCUT2D eigenvalue weighted by molar-refractivity contribution is 6.23. The molecule has 3 aromatic rings. The smallest absolute Gasteiger partial charge is 0.337 e. The molecule has 0 radical (unpaired) electrons. The monoisotopic (exact) mass is 531 g/mol. The fraction of sp³-hybridized carbons (Fsp3) is 0.185. The van der Waals surface area contributed by atoms with Crippen LogP contribution < -0.4 is 14.4 Å². The summed E-state index contributed by atoms with van der Waals surface area (Å²) < 4.78 is 15.4. The first-order chi connectivity index (χ1) is 18.8. The number of benzene rings is 3. The van der Waals surface area contributed by atoms with E-state index in [9.17, 15) is 29.3 Å². The lowest BCUT2D eigenvalue weighted by atomic mass is 10.1. The first-order valence-corrected chi connectivity index (χ1v) is 11.8. The molecule has 2 aliphatic heterocycles. The van der Waals surface area contributed by atoms with E-state index in [-0.39, 0.29) is 42.3 Å². The topological polar surface area (TPSA) is 146 Å². The Balaban J connectivity index is 1.48. The van der Waals surface area contributed by atoms with E-state index >= 15 is 0 Å². The van der Waals surface area contributed by atoms with Gasteiger partial charge in [0.1, 0.15) is 6.04 Å². The number of imide groups is 1. The number of carbonyl (C=O) groups is 4. The number of nitrogens with zero attached hydrogens (tertiary/aromatic N) is 3. The van der Waals surface area contributed by atoms with Crippen LogP contribution >= 0.6 is 0 Å². The fourth-order valence-electron chi connectivity index (χ4n) is 4.47. The average molecular weight is 531 g/mol. The van der Waals surface area contributed by atoms with Gasteiger partial charge in [-0.2, -0.15) is 0 Å². The summed E-state index contributed by atoms with van der Waals surface area (Å²) in [6.45, 7) is -0.0363. The number of non-ortho nitro benzene ring substituents is 1. The highest BCUT2D eigenvalue weighted by Gasteiger charge is 2.44. The summed E-state index contributed by atoms with van der Waals surface area (Å²) in [5, 5.41) is 11.3. The molecule has 1 fully saturated rings. The maximum absolute atomic E-state index is 13.7. The van der Waals surface area contributed by atoms with Crippen molar-refractivity contribution in [1.82, 2.24) is 4.90 Å². The highest BCUT2D eigenvalue weighted by atomic mass is 16.7. The average Bonchev–Trinajstić information content (AvgIpc) is 3.54. The zero-order chi connectivity index (χ0) is 27.7. The predicted molar refractivity (Wildman–Crippen MR) is 134 cm³/mol. The van der Waals surface area contributed by atoms with Gasteiger partial charge < -0.3 is 19.1 Å². The van der Waals surface area contributed by atoms with Crippen LogP contribution in [-0.4, -0.2) is 53.5 Å². The molecule has 1 saturated heterocycles. The van der Waals surface area contributed by atoms with Gasteiger partial charge in [-0.15, -0.1) is 0 Å². The number of nitro benzene ring substituents is 1. The van der Waals surface area contributed by atoms with Gasteiger partial charge in [-0.25, -0.2) is 9.69 Å². The summed E-state index contributed by atoms with van der Waals surface area (Å²) in [7, 11) is 1.24. The molecule has 0 spiro atoms. The number of hydrogen-bond donors (Lipinski definition) is 0. The molecule has 198 valence electrons. The van der Waals surface area contributed by atoms with E-state index in [0.29, 0.717) is 17.1 Å². The highest BCUT2D eigenvalue weighted by Crippen LogP contribution is 2.34. The van der Waals surface area contributed by atoms with Gasteiger partial charge in [0.05, 0.1) is 29.7 Å². The lowest BCUT2D eigenvalue weighted by Gasteiger charge is -2.28. The maximum atomic E-state index is 13.7. The van der Waals surface area contributed by atoms with Gasteiger partial charge in [-0.3, -0.25) is 24.5 Å². The van der Waals surface area contributed by atoms with E-state index in [4.69, 9.17) is 9.47 Å². The molecular formula is C27H21N3O9. The second kappa shape index (κ2) is 10.2. The zero-order valence-electron chi connectivity index (χ0n) is 20.6. The minimum Gasteiger partial charge on any atom is -0.465 e. The number of rotatable bonds is 7. The van der Waals surface area contributed by atoms with Crippen LogP contribution in [0.2, 0.25) is 0 Å². The molecule has 3 aromatic carbocycles. The third-order valence-corrected chi connectivity index (χ3v) is 6.40. The van der Waals surface area contributed by atoms with E-state index in [1.54, 1.807) is 18.2 Å². The number of hydrogen-bond acceptors (Lipinski definition) is 9. The van der Waals surface area contributed by atoms with Crippen LogP contribution in [0.15, 0.2) is 66.7 Å². The summed E-state index contributed by atoms with van der Waals surface area (Å²) in [5.41, 5.74) is 0.767. The summed E-state index contributed by atoms with van der Waals surface area (Å²) in [4.78, 5) is 65.0. The van der Waals surface area contributed by atoms with Crippen LogP contribution in [0.1, 0.15) is 32.7 Å². The van der Waals surface area contributed by atoms with Crippen LogP contribution in [0.25, 0.3) is 0 Å². The van der Waals surface area contributed by atoms with Crippen molar-refractivity contribution in [2.24, 2.45) is 0 Å². The second-order valence-corrected chi connectivity index (χ2v) is 8.75. The van der Waals surface area contributed by atoms with E-state index in [1.807, 2.05) is 0 Å². The zero-order valence-corrected chi connectivity index (χ0v) is 20.6. The SMILES string of the molecule is COC(=O)c1ccc(N2C(=O)CC(N(Cc3ccc4c(c3)OCO4)C(=O)c3cccc([N+](=O)[O-])c3)C2=O)cc1. The maximum Gasteiger partial charge on any atom is 0.337 e. The van der Waals surface area contributed by atoms with Gasteiger partial charge in [0.2, 0.25) is 12.7 Å². The summed E-state index contributed by atoms with van der Waals surface area (Å²) in [5.74, 6) is -1.43. The molecule has 1 atom stereocenters. The predicted octanol–water partition coefficient (Wildman–Crippen LogP) is 3.08. The molecule has 1 unspecified atom stereocenters. The van der Waals surface area contributed by atoms with Crippen LogP contribution in [0, 0.1) is 10.1 Å². The van der Waals surface area contributed by atoms with E-state index in [0.717, 1.165) is 11.0 Å². The van der Waals surface area contributed by atoms with E-state index in [2.05, 4.69) is 4.74 Å². The normalized spacial score (nSPS) is 15.8. The molecule has 12 nitrogen and oxygen atoms in total. The van der Waals surface area contributed by atoms with Gasteiger partial charge in [0.25, 0.3) is 17.5 Å². The van der Waals surface area contributed by atoms with Crippen molar-refractivity contribution >= 4 is 35.1 Å². The molecule has 0 aromatic heterocycles. The largest absolute Gasteiger partial charge is 0.465 e. The van der Waals surface area contributed by atoms with Crippen molar-refractivity contribution < 1.29 is 38.3 Å². The van der Waals surface area contributed by atoms with Gasteiger partial charge in [-0.1, -0.05) is 12.1 Å². The molecule has 39 heavy (non-hydrogen) atoms. The summed E-state index contributed by atoms with van der Waals surface area (Å²) >= 11 is 0. The first-order valence-electron chi connectivity index (χ1n) is 11.8. The quantitative estimate of drug-likeness (QED) is 0.194. The minimum absolute atomic E-state index is 0.00827. The number of nitro groups is 1. The number of methoxy groups -OCH3 is 1. The van der Waals surface area contributed by atoms with Crippen LogP contribution in [0.4, 0.5) is 11.4 Å². The summed E-state index contributed by atoms with van der Waals surface area (Å²) in [6, 6.07) is 14.7. The van der Waals surface area contributed by atoms with Gasteiger partial charge in [-0.05, 0) is 48.0 Å². The van der Waals surface area contributed by atoms with Crippen LogP contribution in [0.5, 0.6) is 11.5 Å². The number of amides is 3. The Labute approximate surface area is 221 Å². The van der Waals surface area contributed by atoms with Gasteiger partial charge in [0, 0.05) is 24.2 Å². The molecule has 2 heterocycles. The van der Waals surface area contributed by atoms with Crippen molar-refractivity contribution in [3.8, 4) is 11.5 Å². The molecule has 0 N–H and O–H groups in total. The van der Waals surface area contributed by atoms with Crippen molar-refractivity contribution in [2.75, 3.05) is 18.8 Å². The lowest BCUT2D eigenvalue weighted by Crippen LogP contribution is -2.45. The fourth-order valence-corrected chi connectivity index (χ4v) is 4.47. The van der Waals surface area contributed by atoms with Crippen molar-refractivity contribution in [2.45, 2.75) is 19.0 Å². The Morgan fingerprint density at radius 1 is 1.03 bits per heavy atom. The number of fused-ring (bicyclic) bond motifs is 1. The van der Waals surface area contributed by atoms with Crippen molar-refractivity contribution in [3.05, 3.63) is 93.5 Å². The Hall–Kier alpha value is -5.26. The third-order valence-electron chi connectivity index (χ3n) is 6.40. The number of carbonyl (C=O) groups excluding carboxylic acids is 4. The molecule has 12 heteroatoms. The van der Waals surface area contributed by atoms with E-state index < -0.39 is 34.7 Å².